The van der Waals surface area contributed by atoms with Gasteiger partial charge < -0.3 is 5.32 Å². The minimum Gasteiger partial charge on any atom is -0.322 e. The van der Waals surface area contributed by atoms with E-state index in [9.17, 15) is 13.2 Å². The molecule has 32 heavy (non-hydrogen) atoms. The Kier molecular flexibility index (Phi) is 6.10. The molecule has 0 spiro atoms. The fraction of sp³-hybridized carbons (Fsp3) is 0.167. The van der Waals surface area contributed by atoms with Crippen molar-refractivity contribution in [1.29, 1.82) is 0 Å². The van der Waals surface area contributed by atoms with Gasteiger partial charge in [0.25, 0.3) is 5.91 Å². The number of aromatic nitrogens is 1. The quantitative estimate of drug-likeness (QED) is 0.448. The van der Waals surface area contributed by atoms with E-state index in [0.717, 1.165) is 26.8 Å². The maximum Gasteiger partial charge on any atom is 0.255 e. The van der Waals surface area contributed by atoms with Gasteiger partial charge in [-0.15, -0.1) is 11.3 Å². The van der Waals surface area contributed by atoms with Gasteiger partial charge in [-0.25, -0.2) is 17.7 Å². The molecule has 1 N–H and O–H groups in total. The predicted molar refractivity (Wildman–Crippen MR) is 129 cm³/mol. The van der Waals surface area contributed by atoms with E-state index in [1.807, 2.05) is 42.5 Å². The second-order valence-corrected chi connectivity index (χ2v) is 10.9. The molecule has 0 fully saturated rings. The molecule has 8 heteroatoms. The van der Waals surface area contributed by atoms with Crippen molar-refractivity contribution < 1.29 is 13.2 Å². The second kappa shape index (κ2) is 8.82. The highest BCUT2D eigenvalue weighted by molar-refractivity contribution is 7.89. The van der Waals surface area contributed by atoms with Crippen LogP contribution in [-0.4, -0.2) is 37.7 Å². The fourth-order valence-corrected chi connectivity index (χ4v) is 5.22. The molecule has 0 radical (unpaired) electrons. The zero-order valence-corrected chi connectivity index (χ0v) is 19.6. The molecular weight excluding hydrogens is 442 g/mol. The molecule has 4 aromatic rings. The van der Waals surface area contributed by atoms with Crippen LogP contribution in [0.5, 0.6) is 0 Å². The summed E-state index contributed by atoms with van der Waals surface area (Å²) in [5.74, 6) is -0.350. The molecule has 0 aliphatic rings. The Labute approximate surface area is 191 Å². The van der Waals surface area contributed by atoms with Crippen LogP contribution in [0.3, 0.4) is 0 Å². The third-order valence-electron chi connectivity index (χ3n) is 5.14. The minimum absolute atomic E-state index is 0.0874. The van der Waals surface area contributed by atoms with Gasteiger partial charge in [0.2, 0.25) is 10.0 Å². The Morgan fingerprint density at radius 1 is 1.03 bits per heavy atom. The summed E-state index contributed by atoms with van der Waals surface area (Å²) in [6.45, 7) is 1.78. The van der Waals surface area contributed by atoms with Gasteiger partial charge in [-0.2, -0.15) is 0 Å². The highest BCUT2D eigenvalue weighted by Gasteiger charge is 2.20. The van der Waals surface area contributed by atoms with Crippen LogP contribution in [0.4, 0.5) is 5.69 Å². The first-order valence-electron chi connectivity index (χ1n) is 10.0. The number of rotatable bonds is 6. The van der Waals surface area contributed by atoms with Gasteiger partial charge in [0.1, 0.15) is 0 Å². The number of nitrogens with one attached hydrogen (secondary N) is 1. The van der Waals surface area contributed by atoms with Crippen LogP contribution in [0.2, 0.25) is 0 Å². The number of nitrogens with zero attached hydrogens (tertiary/aromatic N) is 2. The highest BCUT2D eigenvalue weighted by Crippen LogP contribution is 2.24. The smallest absolute Gasteiger partial charge is 0.255 e. The fourth-order valence-electron chi connectivity index (χ4n) is 3.29. The molecule has 4 rings (SSSR count). The first kappa shape index (κ1) is 22.1. The van der Waals surface area contributed by atoms with Crippen molar-refractivity contribution in [2.24, 2.45) is 0 Å². The van der Waals surface area contributed by atoms with Crippen molar-refractivity contribution in [1.82, 2.24) is 9.29 Å². The van der Waals surface area contributed by atoms with E-state index < -0.39 is 10.0 Å². The molecular formula is C24H23N3O3S2. The lowest BCUT2D eigenvalue weighted by Crippen LogP contribution is -2.23. The molecule has 6 nitrogen and oxygen atoms in total. The third kappa shape index (κ3) is 4.57. The van der Waals surface area contributed by atoms with Crippen LogP contribution in [0, 0.1) is 6.92 Å². The average molecular weight is 466 g/mol. The Balaban J connectivity index is 1.49. The Morgan fingerprint density at radius 3 is 2.44 bits per heavy atom. The number of carbonyl (C=O) groups is 1. The lowest BCUT2D eigenvalue weighted by Gasteiger charge is -2.14. The first-order valence-corrected chi connectivity index (χ1v) is 12.3. The van der Waals surface area contributed by atoms with Crippen LogP contribution < -0.4 is 5.32 Å². The standard InChI is InChI=1S/C24H23N3O3S2/c1-16-8-13-19(32(29,30)27(2)3)15-20(16)24(28)25-18-11-9-17(10-12-18)14-23-26-21-6-4-5-7-22(21)31-23/h4-13,15H,14H2,1-3H3,(H,25,28). The van der Waals surface area contributed by atoms with E-state index in [4.69, 9.17) is 0 Å². The SMILES string of the molecule is Cc1ccc(S(=O)(=O)N(C)C)cc1C(=O)Nc1ccc(Cc2nc3ccccc3s2)cc1. The molecule has 0 aliphatic heterocycles. The van der Waals surface area contributed by atoms with E-state index in [0.29, 0.717) is 16.8 Å². The summed E-state index contributed by atoms with van der Waals surface area (Å²) in [4.78, 5) is 17.6. The molecule has 0 saturated carbocycles. The molecule has 0 aliphatic carbocycles. The van der Waals surface area contributed by atoms with Crippen LogP contribution in [0.1, 0.15) is 26.5 Å². The third-order valence-corrected chi connectivity index (χ3v) is 7.99. The number of sulfonamides is 1. The van der Waals surface area contributed by atoms with Crippen LogP contribution in [-0.2, 0) is 16.4 Å². The molecule has 3 aromatic carbocycles. The number of aryl methyl sites for hydroxylation is 1. The molecule has 164 valence electrons. The molecule has 1 aromatic heterocycles. The van der Waals surface area contributed by atoms with E-state index in [1.54, 1.807) is 24.3 Å². The zero-order valence-electron chi connectivity index (χ0n) is 18.0. The van der Waals surface area contributed by atoms with Crippen molar-refractivity contribution in [3.05, 3.63) is 88.4 Å². The predicted octanol–water partition coefficient (Wildman–Crippen LogP) is 4.70. The van der Waals surface area contributed by atoms with E-state index in [-0.39, 0.29) is 10.8 Å². The summed E-state index contributed by atoms with van der Waals surface area (Å²) in [5, 5.41) is 3.90. The van der Waals surface area contributed by atoms with Crippen LogP contribution in [0.25, 0.3) is 10.2 Å². The number of fused-ring (bicyclic) bond motifs is 1. The molecule has 0 bridgehead atoms. The van der Waals surface area contributed by atoms with Gasteiger partial charge in [0, 0.05) is 31.8 Å². The average Bonchev–Trinajstić information content (AvgIpc) is 3.17. The van der Waals surface area contributed by atoms with Crippen molar-refractivity contribution in [3.8, 4) is 0 Å². The van der Waals surface area contributed by atoms with Crippen LogP contribution in [0.15, 0.2) is 71.6 Å². The monoisotopic (exact) mass is 465 g/mol. The number of amides is 1. The maximum atomic E-state index is 12.8. The summed E-state index contributed by atoms with van der Waals surface area (Å²) in [7, 11) is -0.693. The number of hydrogen-bond acceptors (Lipinski definition) is 5. The number of thiazole rings is 1. The van der Waals surface area contributed by atoms with E-state index in [1.165, 1.54) is 30.9 Å². The van der Waals surface area contributed by atoms with Gasteiger partial charge >= 0.3 is 0 Å². The van der Waals surface area contributed by atoms with E-state index in [2.05, 4.69) is 16.4 Å². The topological polar surface area (TPSA) is 79.4 Å². The Hall–Kier alpha value is -3.07. The molecule has 0 unspecified atom stereocenters. The Bertz CT molecular complexity index is 1360. The Morgan fingerprint density at radius 2 is 1.75 bits per heavy atom. The van der Waals surface area contributed by atoms with Gasteiger partial charge in [-0.05, 0) is 54.4 Å². The largest absolute Gasteiger partial charge is 0.322 e. The van der Waals surface area contributed by atoms with Gasteiger partial charge in [0.05, 0.1) is 20.1 Å². The highest BCUT2D eigenvalue weighted by atomic mass is 32.2. The van der Waals surface area contributed by atoms with Crippen molar-refractivity contribution in [2.45, 2.75) is 18.2 Å². The summed E-state index contributed by atoms with van der Waals surface area (Å²) >= 11 is 1.68. The molecule has 0 atom stereocenters. The van der Waals surface area contributed by atoms with Gasteiger partial charge in [-0.1, -0.05) is 30.3 Å². The number of para-hydroxylation sites is 1. The number of hydrogen-bond donors (Lipinski definition) is 1. The maximum absolute atomic E-state index is 12.8. The lowest BCUT2D eigenvalue weighted by molar-refractivity contribution is 0.102. The summed E-state index contributed by atoms with van der Waals surface area (Å²) in [6.07, 6.45) is 0.719. The molecule has 0 saturated heterocycles. The first-order chi connectivity index (χ1) is 15.2. The zero-order chi connectivity index (χ0) is 22.9. The summed E-state index contributed by atoms with van der Waals surface area (Å²) in [6, 6.07) is 20.2. The normalized spacial score (nSPS) is 11.8. The number of carbonyl (C=O) groups excluding carboxylic acids is 1. The van der Waals surface area contributed by atoms with Crippen LogP contribution >= 0.6 is 11.3 Å². The van der Waals surface area contributed by atoms with Gasteiger partial charge in [0.15, 0.2) is 0 Å². The van der Waals surface area contributed by atoms with Gasteiger partial charge in [-0.3, -0.25) is 4.79 Å². The number of benzene rings is 3. The second-order valence-electron chi connectivity index (χ2n) is 7.67. The summed E-state index contributed by atoms with van der Waals surface area (Å²) < 4.78 is 27.1. The lowest BCUT2D eigenvalue weighted by atomic mass is 10.1. The van der Waals surface area contributed by atoms with Crippen molar-refractivity contribution >= 4 is 43.2 Å². The van der Waals surface area contributed by atoms with E-state index >= 15 is 0 Å². The summed E-state index contributed by atoms with van der Waals surface area (Å²) in [5.41, 5.74) is 3.77. The van der Waals surface area contributed by atoms with Crippen molar-refractivity contribution in [3.63, 3.8) is 0 Å². The molecule has 1 amide bonds. The van der Waals surface area contributed by atoms with Crippen molar-refractivity contribution in [2.75, 3.05) is 19.4 Å². The molecule has 1 heterocycles. The number of anilines is 1. The minimum atomic E-state index is -3.62.